The van der Waals surface area contributed by atoms with Crippen molar-refractivity contribution in [3.8, 4) is 0 Å². The van der Waals surface area contributed by atoms with Crippen molar-refractivity contribution < 1.29 is 4.79 Å². The van der Waals surface area contributed by atoms with Gasteiger partial charge in [0.05, 0.1) is 11.6 Å². The molecule has 0 heterocycles. The molecule has 2 rings (SSSR count). The molecule has 0 aliphatic heterocycles. The van der Waals surface area contributed by atoms with Crippen LogP contribution >= 0.6 is 12.4 Å². The first kappa shape index (κ1) is 13.0. The van der Waals surface area contributed by atoms with Crippen molar-refractivity contribution >= 4 is 18.3 Å². The summed E-state index contributed by atoms with van der Waals surface area (Å²) in [5.41, 5.74) is 6.33. The van der Waals surface area contributed by atoms with Gasteiger partial charge in [0.2, 0.25) is 5.91 Å². The lowest BCUT2D eigenvalue weighted by atomic mass is 10.1. The van der Waals surface area contributed by atoms with Crippen LogP contribution in [0.15, 0.2) is 30.3 Å². The van der Waals surface area contributed by atoms with E-state index < -0.39 is 5.54 Å². The van der Waals surface area contributed by atoms with E-state index in [4.69, 9.17) is 5.73 Å². The summed E-state index contributed by atoms with van der Waals surface area (Å²) in [6, 6.07) is 9.92. The van der Waals surface area contributed by atoms with Crippen LogP contribution in [0.25, 0.3) is 0 Å². The van der Waals surface area contributed by atoms with Gasteiger partial charge in [-0.25, -0.2) is 0 Å². The zero-order chi connectivity index (χ0) is 10.9. The molecule has 1 amide bonds. The van der Waals surface area contributed by atoms with Gasteiger partial charge in [-0.1, -0.05) is 30.3 Å². The number of halogens is 1. The molecular weight excluding hydrogens is 224 g/mol. The molecule has 0 saturated heterocycles. The zero-order valence-corrected chi connectivity index (χ0v) is 10.1. The number of amides is 1. The van der Waals surface area contributed by atoms with Crippen molar-refractivity contribution in [2.45, 2.75) is 31.3 Å². The Labute approximate surface area is 102 Å². The molecule has 1 unspecified atom stereocenters. The first-order valence-corrected chi connectivity index (χ1v) is 5.27. The number of benzene rings is 1. The first-order chi connectivity index (χ1) is 7.12. The van der Waals surface area contributed by atoms with E-state index in [0.717, 1.165) is 18.4 Å². The van der Waals surface area contributed by atoms with Gasteiger partial charge in [0, 0.05) is 0 Å². The molecule has 1 saturated carbocycles. The monoisotopic (exact) mass is 240 g/mol. The summed E-state index contributed by atoms with van der Waals surface area (Å²) in [7, 11) is 0. The molecule has 0 bridgehead atoms. The van der Waals surface area contributed by atoms with Gasteiger partial charge >= 0.3 is 0 Å². The molecule has 1 aliphatic carbocycles. The Bertz CT molecular complexity index is 363. The number of nitrogens with one attached hydrogen (secondary N) is 1. The first-order valence-electron chi connectivity index (χ1n) is 5.27. The van der Waals surface area contributed by atoms with E-state index in [-0.39, 0.29) is 24.4 Å². The third kappa shape index (κ3) is 2.74. The summed E-state index contributed by atoms with van der Waals surface area (Å²) in [5, 5.41) is 2.93. The van der Waals surface area contributed by atoms with Crippen LogP contribution in [0.2, 0.25) is 0 Å². The fraction of sp³-hybridized carbons (Fsp3) is 0.417. The van der Waals surface area contributed by atoms with Crippen LogP contribution in [0.4, 0.5) is 0 Å². The van der Waals surface area contributed by atoms with Gasteiger partial charge in [0.1, 0.15) is 0 Å². The summed E-state index contributed by atoms with van der Waals surface area (Å²) in [5.74, 6) is -0.0288. The van der Waals surface area contributed by atoms with E-state index in [1.54, 1.807) is 0 Å². The van der Waals surface area contributed by atoms with Crippen molar-refractivity contribution in [3.63, 3.8) is 0 Å². The van der Waals surface area contributed by atoms with E-state index in [9.17, 15) is 4.79 Å². The molecule has 0 aromatic heterocycles. The Morgan fingerprint density at radius 3 is 2.44 bits per heavy atom. The van der Waals surface area contributed by atoms with Crippen molar-refractivity contribution in [3.05, 3.63) is 35.9 Å². The van der Waals surface area contributed by atoms with Gasteiger partial charge < -0.3 is 11.1 Å². The topological polar surface area (TPSA) is 55.1 Å². The van der Waals surface area contributed by atoms with Gasteiger partial charge in [-0.3, -0.25) is 4.79 Å². The Morgan fingerprint density at radius 1 is 1.38 bits per heavy atom. The molecule has 88 valence electrons. The molecule has 3 N–H and O–H groups in total. The Balaban J connectivity index is 0.00000128. The number of rotatable bonds is 3. The fourth-order valence-corrected chi connectivity index (χ4v) is 1.53. The van der Waals surface area contributed by atoms with Gasteiger partial charge in [0.25, 0.3) is 0 Å². The third-order valence-electron chi connectivity index (χ3n) is 2.89. The summed E-state index contributed by atoms with van der Waals surface area (Å²) in [6.45, 7) is 1.97. The minimum Gasteiger partial charge on any atom is -0.348 e. The number of nitrogens with two attached hydrogens (primary N) is 1. The highest BCUT2D eigenvalue weighted by Gasteiger charge is 2.46. The van der Waals surface area contributed by atoms with Crippen LogP contribution in [-0.2, 0) is 4.79 Å². The largest absolute Gasteiger partial charge is 0.348 e. The van der Waals surface area contributed by atoms with E-state index in [0.29, 0.717) is 0 Å². The lowest BCUT2D eigenvalue weighted by Gasteiger charge is -2.17. The Kier molecular flexibility index (Phi) is 3.94. The number of carbonyl (C=O) groups is 1. The van der Waals surface area contributed by atoms with Crippen molar-refractivity contribution in [2.24, 2.45) is 5.73 Å². The van der Waals surface area contributed by atoms with Crippen LogP contribution < -0.4 is 11.1 Å². The van der Waals surface area contributed by atoms with Crippen molar-refractivity contribution in [1.82, 2.24) is 5.32 Å². The quantitative estimate of drug-likeness (QED) is 0.846. The average Bonchev–Trinajstić information content (AvgIpc) is 2.99. The molecule has 1 aliphatic rings. The predicted molar refractivity (Wildman–Crippen MR) is 66.4 cm³/mol. The molecule has 4 heteroatoms. The second-order valence-electron chi connectivity index (χ2n) is 4.26. The maximum Gasteiger partial charge on any atom is 0.240 e. The number of hydrogen-bond acceptors (Lipinski definition) is 2. The van der Waals surface area contributed by atoms with E-state index in [1.807, 2.05) is 37.3 Å². The average molecular weight is 241 g/mol. The second-order valence-corrected chi connectivity index (χ2v) is 4.26. The van der Waals surface area contributed by atoms with Crippen LogP contribution in [0.3, 0.4) is 0 Å². The SMILES string of the molecule is CC(NC(=O)C1(N)CC1)c1ccccc1.Cl. The minimum absolute atomic E-state index is 0. The Hall–Kier alpha value is -1.06. The molecular formula is C12H17ClN2O. The van der Waals surface area contributed by atoms with Crippen LogP contribution in [0.1, 0.15) is 31.4 Å². The third-order valence-corrected chi connectivity index (χ3v) is 2.89. The van der Waals surface area contributed by atoms with E-state index in [1.165, 1.54) is 0 Å². The van der Waals surface area contributed by atoms with Gasteiger partial charge in [-0.15, -0.1) is 12.4 Å². The highest BCUT2D eigenvalue weighted by atomic mass is 35.5. The number of hydrogen-bond donors (Lipinski definition) is 2. The summed E-state index contributed by atoms with van der Waals surface area (Å²) in [4.78, 5) is 11.7. The van der Waals surface area contributed by atoms with E-state index >= 15 is 0 Å². The minimum atomic E-state index is -0.580. The maximum atomic E-state index is 11.7. The fourth-order valence-electron chi connectivity index (χ4n) is 1.53. The van der Waals surface area contributed by atoms with Gasteiger partial charge in [-0.2, -0.15) is 0 Å². The van der Waals surface area contributed by atoms with Crippen LogP contribution in [0, 0.1) is 0 Å². The molecule has 0 spiro atoms. The molecule has 0 radical (unpaired) electrons. The predicted octanol–water partition coefficient (Wildman–Crippen LogP) is 1.78. The molecule has 1 fully saturated rings. The van der Waals surface area contributed by atoms with Gasteiger partial charge in [0.15, 0.2) is 0 Å². The molecule has 1 aromatic carbocycles. The number of carbonyl (C=O) groups excluding carboxylic acids is 1. The summed E-state index contributed by atoms with van der Waals surface area (Å²) >= 11 is 0. The molecule has 1 atom stereocenters. The molecule has 3 nitrogen and oxygen atoms in total. The molecule has 16 heavy (non-hydrogen) atoms. The lowest BCUT2D eigenvalue weighted by Crippen LogP contribution is -2.43. The summed E-state index contributed by atoms with van der Waals surface area (Å²) < 4.78 is 0. The summed E-state index contributed by atoms with van der Waals surface area (Å²) in [6.07, 6.45) is 1.61. The second kappa shape index (κ2) is 4.85. The Morgan fingerprint density at radius 2 is 1.94 bits per heavy atom. The zero-order valence-electron chi connectivity index (χ0n) is 9.27. The lowest BCUT2D eigenvalue weighted by molar-refractivity contribution is -0.123. The van der Waals surface area contributed by atoms with Crippen LogP contribution in [0.5, 0.6) is 0 Å². The maximum absolute atomic E-state index is 11.7. The van der Waals surface area contributed by atoms with E-state index in [2.05, 4.69) is 5.32 Å². The normalized spacial score (nSPS) is 18.1. The molecule has 1 aromatic rings. The van der Waals surface area contributed by atoms with Gasteiger partial charge in [-0.05, 0) is 25.3 Å². The van der Waals surface area contributed by atoms with Crippen molar-refractivity contribution in [1.29, 1.82) is 0 Å². The van der Waals surface area contributed by atoms with Crippen molar-refractivity contribution in [2.75, 3.05) is 0 Å². The highest BCUT2D eigenvalue weighted by molar-refractivity contribution is 5.89. The highest BCUT2D eigenvalue weighted by Crippen LogP contribution is 2.32. The van der Waals surface area contributed by atoms with Crippen LogP contribution in [-0.4, -0.2) is 11.4 Å². The smallest absolute Gasteiger partial charge is 0.240 e. The standard InChI is InChI=1S/C12H16N2O.ClH/c1-9(10-5-3-2-4-6-10)14-11(15)12(13)7-8-12;/h2-6,9H,7-8,13H2,1H3,(H,14,15);1H.